The number of ketones is 1. The van der Waals surface area contributed by atoms with E-state index in [2.05, 4.69) is 0 Å². The molecule has 2 rings (SSSR count). The molecule has 1 fully saturated rings. The van der Waals surface area contributed by atoms with Gasteiger partial charge in [0.25, 0.3) is 0 Å². The molecule has 0 bridgehead atoms. The molecule has 17 heavy (non-hydrogen) atoms. The predicted octanol–water partition coefficient (Wildman–Crippen LogP) is 2.38. The molecule has 1 aromatic rings. The van der Waals surface area contributed by atoms with Crippen molar-refractivity contribution in [1.82, 2.24) is 0 Å². The van der Waals surface area contributed by atoms with Crippen LogP contribution >= 0.6 is 0 Å². The van der Waals surface area contributed by atoms with Gasteiger partial charge in [0.05, 0.1) is 0 Å². The normalized spacial score (nSPS) is 17.7. The minimum absolute atomic E-state index is 0.109. The SMILES string of the molecule is C=O.O=C(c1ccccc1)C1(O)CCCCC1. The number of rotatable bonds is 2. The topological polar surface area (TPSA) is 54.4 Å². The summed E-state index contributed by atoms with van der Waals surface area (Å²) < 4.78 is 0. The van der Waals surface area contributed by atoms with Gasteiger partial charge in [-0.2, -0.15) is 0 Å². The number of hydrogen-bond acceptors (Lipinski definition) is 3. The molecule has 3 nitrogen and oxygen atoms in total. The number of hydrogen-bond donors (Lipinski definition) is 1. The Hall–Kier alpha value is -1.48. The van der Waals surface area contributed by atoms with E-state index in [0.717, 1.165) is 19.3 Å². The van der Waals surface area contributed by atoms with E-state index in [1.807, 2.05) is 25.0 Å². The maximum atomic E-state index is 12.1. The van der Waals surface area contributed by atoms with E-state index in [9.17, 15) is 9.90 Å². The van der Waals surface area contributed by atoms with E-state index < -0.39 is 5.60 Å². The number of benzene rings is 1. The van der Waals surface area contributed by atoms with E-state index in [-0.39, 0.29) is 5.78 Å². The van der Waals surface area contributed by atoms with Crippen LogP contribution in [0.5, 0.6) is 0 Å². The van der Waals surface area contributed by atoms with Gasteiger partial charge in [-0.1, -0.05) is 49.6 Å². The molecule has 1 aromatic carbocycles. The smallest absolute Gasteiger partial charge is 0.194 e. The molecule has 1 N–H and O–H groups in total. The van der Waals surface area contributed by atoms with Crippen molar-refractivity contribution in [3.63, 3.8) is 0 Å². The van der Waals surface area contributed by atoms with Crippen LogP contribution in [0.3, 0.4) is 0 Å². The maximum absolute atomic E-state index is 12.1. The molecule has 0 radical (unpaired) electrons. The summed E-state index contributed by atoms with van der Waals surface area (Å²) in [6.45, 7) is 2.00. The highest BCUT2D eigenvalue weighted by atomic mass is 16.3. The first-order chi connectivity index (χ1) is 8.22. The van der Waals surface area contributed by atoms with Gasteiger partial charge in [0.1, 0.15) is 12.4 Å². The van der Waals surface area contributed by atoms with Crippen molar-refractivity contribution in [1.29, 1.82) is 0 Å². The van der Waals surface area contributed by atoms with E-state index in [1.165, 1.54) is 0 Å². The second-order valence-electron chi connectivity index (χ2n) is 4.29. The minimum atomic E-state index is -1.10. The zero-order valence-corrected chi connectivity index (χ0v) is 9.89. The second kappa shape index (κ2) is 6.30. The highest BCUT2D eigenvalue weighted by Gasteiger charge is 2.37. The van der Waals surface area contributed by atoms with Crippen LogP contribution in [0.15, 0.2) is 30.3 Å². The Kier molecular flexibility index (Phi) is 5.04. The van der Waals surface area contributed by atoms with Gasteiger partial charge >= 0.3 is 0 Å². The van der Waals surface area contributed by atoms with Crippen molar-refractivity contribution in [2.75, 3.05) is 0 Å². The minimum Gasteiger partial charge on any atom is -0.382 e. The van der Waals surface area contributed by atoms with Crippen LogP contribution in [0.1, 0.15) is 42.5 Å². The Morgan fingerprint density at radius 2 is 1.59 bits per heavy atom. The quantitative estimate of drug-likeness (QED) is 0.799. The van der Waals surface area contributed by atoms with Crippen LogP contribution in [-0.2, 0) is 4.79 Å². The van der Waals surface area contributed by atoms with Gasteiger partial charge in [-0.15, -0.1) is 0 Å². The Morgan fingerprint density at radius 3 is 2.12 bits per heavy atom. The molecular formula is C14H18O3. The summed E-state index contributed by atoms with van der Waals surface area (Å²) in [7, 11) is 0. The lowest BCUT2D eigenvalue weighted by Crippen LogP contribution is -2.40. The lowest BCUT2D eigenvalue weighted by Gasteiger charge is -2.30. The fourth-order valence-corrected chi connectivity index (χ4v) is 2.22. The molecule has 0 heterocycles. The summed E-state index contributed by atoms with van der Waals surface area (Å²) in [5.74, 6) is -0.109. The maximum Gasteiger partial charge on any atom is 0.194 e. The zero-order valence-electron chi connectivity index (χ0n) is 9.89. The largest absolute Gasteiger partial charge is 0.382 e. The Labute approximate surface area is 101 Å². The molecule has 0 spiro atoms. The van der Waals surface area contributed by atoms with Crippen LogP contribution in [0.4, 0.5) is 0 Å². The number of Topliss-reactive ketones (excluding diaryl/α,β-unsaturated/α-hetero) is 1. The van der Waals surface area contributed by atoms with Crippen molar-refractivity contribution < 1.29 is 14.7 Å². The average Bonchev–Trinajstić information content (AvgIpc) is 2.42. The van der Waals surface area contributed by atoms with Crippen molar-refractivity contribution in [2.24, 2.45) is 0 Å². The summed E-state index contributed by atoms with van der Waals surface area (Å²) in [5, 5.41) is 10.2. The summed E-state index contributed by atoms with van der Waals surface area (Å²) in [6, 6.07) is 9.09. The average molecular weight is 234 g/mol. The van der Waals surface area contributed by atoms with Gasteiger partial charge in [-0.25, -0.2) is 0 Å². The molecular weight excluding hydrogens is 216 g/mol. The predicted molar refractivity (Wildman–Crippen MR) is 65.9 cm³/mol. The third-order valence-electron chi connectivity index (χ3n) is 3.14. The zero-order chi connectivity index (χ0) is 12.7. The molecule has 0 unspecified atom stereocenters. The van der Waals surface area contributed by atoms with E-state index in [4.69, 9.17) is 4.79 Å². The van der Waals surface area contributed by atoms with Gasteiger partial charge in [0.2, 0.25) is 0 Å². The first kappa shape index (κ1) is 13.6. The van der Waals surface area contributed by atoms with Gasteiger partial charge in [0, 0.05) is 5.56 Å². The molecule has 1 aliphatic carbocycles. The molecule has 92 valence electrons. The third kappa shape index (κ3) is 3.24. The van der Waals surface area contributed by atoms with Crippen molar-refractivity contribution >= 4 is 12.6 Å². The van der Waals surface area contributed by atoms with E-state index in [1.54, 1.807) is 12.1 Å². The summed E-state index contributed by atoms with van der Waals surface area (Å²) in [5.41, 5.74) is -0.471. The molecule has 0 amide bonds. The van der Waals surface area contributed by atoms with Crippen LogP contribution in [0, 0.1) is 0 Å². The fraction of sp³-hybridized carbons (Fsp3) is 0.429. The van der Waals surface area contributed by atoms with Gasteiger partial charge < -0.3 is 9.90 Å². The van der Waals surface area contributed by atoms with E-state index >= 15 is 0 Å². The van der Waals surface area contributed by atoms with Crippen molar-refractivity contribution in [3.05, 3.63) is 35.9 Å². The first-order valence-electron chi connectivity index (χ1n) is 5.83. The third-order valence-corrected chi connectivity index (χ3v) is 3.14. The fourth-order valence-electron chi connectivity index (χ4n) is 2.22. The molecule has 0 aliphatic heterocycles. The van der Waals surface area contributed by atoms with Crippen LogP contribution in [0.25, 0.3) is 0 Å². The van der Waals surface area contributed by atoms with Crippen LogP contribution < -0.4 is 0 Å². The highest BCUT2D eigenvalue weighted by Crippen LogP contribution is 2.30. The Bertz CT molecular complexity index is 353. The summed E-state index contributed by atoms with van der Waals surface area (Å²) in [4.78, 5) is 20.1. The van der Waals surface area contributed by atoms with Crippen molar-refractivity contribution in [3.8, 4) is 0 Å². The van der Waals surface area contributed by atoms with Crippen LogP contribution in [-0.4, -0.2) is 23.3 Å². The Balaban J connectivity index is 0.000000686. The number of aliphatic hydroxyl groups is 1. The first-order valence-corrected chi connectivity index (χ1v) is 5.83. The molecule has 3 heteroatoms. The second-order valence-corrected chi connectivity index (χ2v) is 4.29. The lowest BCUT2D eigenvalue weighted by molar-refractivity contribution is -0.0979. The lowest BCUT2D eigenvalue weighted by atomic mass is 9.79. The number of carbonyl (C=O) groups is 2. The molecule has 0 atom stereocenters. The number of carbonyl (C=O) groups excluding carboxylic acids is 2. The van der Waals surface area contributed by atoms with Crippen molar-refractivity contribution in [2.45, 2.75) is 37.7 Å². The Morgan fingerprint density at radius 1 is 1.06 bits per heavy atom. The molecule has 0 saturated heterocycles. The molecule has 1 saturated carbocycles. The highest BCUT2D eigenvalue weighted by molar-refractivity contribution is 6.02. The monoisotopic (exact) mass is 234 g/mol. The van der Waals surface area contributed by atoms with Gasteiger partial charge in [-0.3, -0.25) is 4.79 Å². The van der Waals surface area contributed by atoms with Crippen LogP contribution in [0.2, 0.25) is 0 Å². The molecule has 0 aromatic heterocycles. The van der Waals surface area contributed by atoms with Gasteiger partial charge in [0.15, 0.2) is 5.78 Å². The van der Waals surface area contributed by atoms with E-state index in [0.29, 0.717) is 18.4 Å². The standard InChI is InChI=1S/C13H16O2.CH2O/c14-12(11-7-3-1-4-8-11)13(15)9-5-2-6-10-13;1-2/h1,3-4,7-8,15H,2,5-6,9-10H2;1H2. The molecule has 1 aliphatic rings. The summed E-state index contributed by atoms with van der Waals surface area (Å²) >= 11 is 0. The summed E-state index contributed by atoms with van der Waals surface area (Å²) in [6.07, 6.45) is 4.26. The van der Waals surface area contributed by atoms with Gasteiger partial charge in [-0.05, 0) is 12.8 Å².